The van der Waals surface area contributed by atoms with Crippen molar-refractivity contribution in [2.45, 2.75) is 0 Å². The Morgan fingerprint density at radius 3 is 2.75 bits per heavy atom. The summed E-state index contributed by atoms with van der Waals surface area (Å²) in [4.78, 5) is 4.69. The number of fused-ring (bicyclic) bond motifs is 1. The standard InChI is InChI=1S/C15H16N4O/c1-19-13-8-7-10(18-16)9-12(13)17-15(19)11-5-3-4-6-14(11)20-2/h3-9,18H,16H2,1-2H3. The highest BCUT2D eigenvalue weighted by atomic mass is 16.5. The van der Waals surface area contributed by atoms with Gasteiger partial charge < -0.3 is 14.7 Å². The van der Waals surface area contributed by atoms with Gasteiger partial charge in [-0.3, -0.25) is 5.84 Å². The summed E-state index contributed by atoms with van der Waals surface area (Å²) in [7, 11) is 3.66. The Kier molecular flexibility index (Phi) is 3.04. The summed E-state index contributed by atoms with van der Waals surface area (Å²) in [5, 5.41) is 0. The molecule has 0 radical (unpaired) electrons. The Morgan fingerprint density at radius 2 is 2.00 bits per heavy atom. The molecule has 2 aromatic carbocycles. The molecule has 0 aliphatic rings. The normalized spacial score (nSPS) is 10.8. The summed E-state index contributed by atoms with van der Waals surface area (Å²) in [6, 6.07) is 13.7. The fourth-order valence-corrected chi connectivity index (χ4v) is 2.36. The number of methoxy groups -OCH3 is 1. The maximum Gasteiger partial charge on any atom is 0.144 e. The van der Waals surface area contributed by atoms with Crippen LogP contribution in [-0.2, 0) is 7.05 Å². The molecular weight excluding hydrogens is 252 g/mol. The van der Waals surface area contributed by atoms with Crippen LogP contribution in [0.2, 0.25) is 0 Å². The van der Waals surface area contributed by atoms with Crippen LogP contribution >= 0.6 is 0 Å². The van der Waals surface area contributed by atoms with E-state index in [9.17, 15) is 0 Å². The molecule has 3 N–H and O–H groups in total. The fraction of sp³-hybridized carbons (Fsp3) is 0.133. The summed E-state index contributed by atoms with van der Waals surface area (Å²) >= 11 is 0. The van der Waals surface area contributed by atoms with Crippen molar-refractivity contribution in [1.82, 2.24) is 9.55 Å². The highest BCUT2D eigenvalue weighted by Gasteiger charge is 2.13. The van der Waals surface area contributed by atoms with Gasteiger partial charge in [-0.15, -0.1) is 0 Å². The van der Waals surface area contributed by atoms with Crippen LogP contribution in [0.25, 0.3) is 22.4 Å². The predicted octanol–water partition coefficient (Wildman–Crippen LogP) is 2.53. The molecule has 1 heterocycles. The van der Waals surface area contributed by atoms with Crippen molar-refractivity contribution < 1.29 is 4.74 Å². The minimum Gasteiger partial charge on any atom is -0.496 e. The third kappa shape index (κ3) is 1.88. The minimum absolute atomic E-state index is 0.808. The molecule has 0 spiro atoms. The van der Waals surface area contributed by atoms with E-state index in [0.717, 1.165) is 33.9 Å². The first-order valence-corrected chi connectivity index (χ1v) is 6.31. The molecule has 0 fully saturated rings. The quantitative estimate of drug-likeness (QED) is 0.566. The van der Waals surface area contributed by atoms with Crippen molar-refractivity contribution in [1.29, 1.82) is 0 Å². The topological polar surface area (TPSA) is 65.1 Å². The molecule has 0 bridgehead atoms. The van der Waals surface area contributed by atoms with E-state index in [-0.39, 0.29) is 0 Å². The number of nitrogen functional groups attached to an aromatic ring is 1. The number of hydrogen-bond acceptors (Lipinski definition) is 4. The second kappa shape index (κ2) is 4.86. The largest absolute Gasteiger partial charge is 0.496 e. The van der Waals surface area contributed by atoms with E-state index in [2.05, 4.69) is 10.4 Å². The van der Waals surface area contributed by atoms with E-state index < -0.39 is 0 Å². The van der Waals surface area contributed by atoms with Gasteiger partial charge >= 0.3 is 0 Å². The number of aromatic nitrogens is 2. The molecule has 0 aliphatic heterocycles. The molecule has 0 saturated heterocycles. The maximum absolute atomic E-state index is 5.44. The molecule has 3 aromatic rings. The number of aryl methyl sites for hydroxylation is 1. The molecule has 0 aliphatic carbocycles. The van der Waals surface area contributed by atoms with Gasteiger partial charge in [-0.1, -0.05) is 12.1 Å². The zero-order valence-electron chi connectivity index (χ0n) is 11.4. The molecule has 0 atom stereocenters. The lowest BCUT2D eigenvalue weighted by atomic mass is 10.2. The van der Waals surface area contributed by atoms with E-state index in [1.165, 1.54) is 0 Å². The number of hydrazine groups is 1. The van der Waals surface area contributed by atoms with Crippen LogP contribution in [0, 0.1) is 0 Å². The first-order valence-electron chi connectivity index (χ1n) is 6.31. The minimum atomic E-state index is 0.808. The van der Waals surface area contributed by atoms with Crippen LogP contribution in [0.3, 0.4) is 0 Å². The number of nitrogens with two attached hydrogens (primary N) is 1. The summed E-state index contributed by atoms with van der Waals surface area (Å²) in [6.07, 6.45) is 0. The number of ether oxygens (including phenoxy) is 1. The highest BCUT2D eigenvalue weighted by Crippen LogP contribution is 2.31. The zero-order valence-corrected chi connectivity index (χ0v) is 11.4. The van der Waals surface area contributed by atoms with Gasteiger partial charge in [0.1, 0.15) is 11.6 Å². The second-order valence-electron chi connectivity index (χ2n) is 4.54. The van der Waals surface area contributed by atoms with E-state index >= 15 is 0 Å². The van der Waals surface area contributed by atoms with E-state index in [1.54, 1.807) is 7.11 Å². The number of rotatable bonds is 3. The van der Waals surface area contributed by atoms with Crippen molar-refractivity contribution in [3.8, 4) is 17.1 Å². The molecule has 20 heavy (non-hydrogen) atoms. The van der Waals surface area contributed by atoms with Gasteiger partial charge in [0.25, 0.3) is 0 Å². The lowest BCUT2D eigenvalue weighted by Crippen LogP contribution is -2.06. The average molecular weight is 268 g/mol. The van der Waals surface area contributed by atoms with Gasteiger partial charge in [-0.25, -0.2) is 4.98 Å². The van der Waals surface area contributed by atoms with Gasteiger partial charge in [-0.2, -0.15) is 0 Å². The van der Waals surface area contributed by atoms with Crippen LogP contribution in [0.15, 0.2) is 42.5 Å². The summed E-state index contributed by atoms with van der Waals surface area (Å²) in [6.45, 7) is 0. The second-order valence-corrected chi connectivity index (χ2v) is 4.54. The lowest BCUT2D eigenvalue weighted by molar-refractivity contribution is 0.416. The molecule has 0 unspecified atom stereocenters. The van der Waals surface area contributed by atoms with Gasteiger partial charge in [0.15, 0.2) is 0 Å². The number of imidazole rings is 1. The molecule has 102 valence electrons. The molecule has 0 saturated carbocycles. The monoisotopic (exact) mass is 268 g/mol. The summed E-state index contributed by atoms with van der Waals surface area (Å²) in [5.41, 5.74) is 6.38. The molecule has 3 rings (SSSR count). The Labute approximate surface area is 117 Å². The smallest absolute Gasteiger partial charge is 0.144 e. The lowest BCUT2D eigenvalue weighted by Gasteiger charge is -2.07. The highest BCUT2D eigenvalue weighted by molar-refractivity contribution is 5.84. The molecular formula is C15H16N4O. The fourth-order valence-electron chi connectivity index (χ4n) is 2.36. The SMILES string of the molecule is COc1ccccc1-c1nc2cc(NN)ccc2n1C. The molecule has 5 heteroatoms. The number of benzene rings is 2. The summed E-state index contributed by atoms with van der Waals surface area (Å²) < 4.78 is 7.46. The van der Waals surface area contributed by atoms with Gasteiger partial charge in [0.05, 0.1) is 29.4 Å². The van der Waals surface area contributed by atoms with Gasteiger partial charge in [0.2, 0.25) is 0 Å². The zero-order chi connectivity index (χ0) is 14.1. The van der Waals surface area contributed by atoms with E-state index in [0.29, 0.717) is 0 Å². The van der Waals surface area contributed by atoms with Crippen LogP contribution in [-0.4, -0.2) is 16.7 Å². The Morgan fingerprint density at radius 1 is 1.20 bits per heavy atom. The van der Waals surface area contributed by atoms with Crippen molar-refractivity contribution in [3.05, 3.63) is 42.5 Å². The van der Waals surface area contributed by atoms with Crippen molar-refractivity contribution in [3.63, 3.8) is 0 Å². The Bertz CT molecular complexity index is 764. The Balaban J connectivity index is 2.23. The van der Waals surface area contributed by atoms with Crippen LogP contribution < -0.4 is 16.0 Å². The van der Waals surface area contributed by atoms with Crippen molar-refractivity contribution >= 4 is 16.7 Å². The molecule has 5 nitrogen and oxygen atoms in total. The predicted molar refractivity (Wildman–Crippen MR) is 80.5 cm³/mol. The number of para-hydroxylation sites is 1. The van der Waals surface area contributed by atoms with Crippen molar-refractivity contribution in [2.24, 2.45) is 12.9 Å². The van der Waals surface area contributed by atoms with Crippen LogP contribution in [0.1, 0.15) is 0 Å². The van der Waals surface area contributed by atoms with Crippen molar-refractivity contribution in [2.75, 3.05) is 12.5 Å². The number of nitrogens with one attached hydrogen (secondary N) is 1. The van der Waals surface area contributed by atoms with E-state index in [4.69, 9.17) is 10.6 Å². The van der Waals surface area contributed by atoms with Crippen LogP contribution in [0.5, 0.6) is 5.75 Å². The number of nitrogens with zero attached hydrogens (tertiary/aromatic N) is 2. The first-order chi connectivity index (χ1) is 9.74. The van der Waals surface area contributed by atoms with Gasteiger partial charge in [0, 0.05) is 7.05 Å². The molecule has 1 aromatic heterocycles. The molecule has 0 amide bonds. The van der Waals surface area contributed by atoms with Crippen LogP contribution in [0.4, 0.5) is 5.69 Å². The summed E-state index contributed by atoms with van der Waals surface area (Å²) in [5.74, 6) is 7.11. The number of anilines is 1. The van der Waals surface area contributed by atoms with Gasteiger partial charge in [-0.05, 0) is 30.3 Å². The Hall–Kier alpha value is -2.53. The maximum atomic E-state index is 5.44. The van der Waals surface area contributed by atoms with E-state index in [1.807, 2.05) is 54.1 Å². The third-order valence-corrected chi connectivity index (χ3v) is 3.40. The number of hydrogen-bond donors (Lipinski definition) is 2. The third-order valence-electron chi connectivity index (χ3n) is 3.40. The average Bonchev–Trinajstić information content (AvgIpc) is 2.83. The first kappa shape index (κ1) is 12.5.